The van der Waals surface area contributed by atoms with Crippen LogP contribution in [0.2, 0.25) is 0 Å². The molecule has 23 heavy (non-hydrogen) atoms. The molecule has 3 aliphatic rings. The predicted octanol–water partition coefficient (Wildman–Crippen LogP) is 0.437. The molecule has 1 N–H and O–H groups in total. The van der Waals surface area contributed by atoms with Crippen LogP contribution in [0.3, 0.4) is 0 Å². The molecule has 2 fully saturated rings. The molecule has 2 saturated heterocycles. The Morgan fingerprint density at radius 2 is 2.09 bits per heavy atom. The van der Waals surface area contributed by atoms with Gasteiger partial charge in [-0.3, -0.25) is 4.79 Å². The van der Waals surface area contributed by atoms with Gasteiger partial charge in [-0.15, -0.1) is 0 Å². The van der Waals surface area contributed by atoms with Crippen molar-refractivity contribution < 1.29 is 27.8 Å². The van der Waals surface area contributed by atoms with Crippen LogP contribution in [0, 0.1) is 11.8 Å². The Kier molecular flexibility index (Phi) is 3.45. The number of aliphatic carboxylic acids is 1. The molecule has 0 amide bonds. The van der Waals surface area contributed by atoms with Crippen molar-refractivity contribution in [1.82, 2.24) is 4.31 Å². The SMILES string of the molecule is O=C(O)[C@@H]1CO[C@@H]2CN(S(=O)(=O)c3cccc4c3COC4)C[C@@H]21. The van der Waals surface area contributed by atoms with Crippen LogP contribution in [0.1, 0.15) is 11.1 Å². The second-order valence-corrected chi connectivity index (χ2v) is 8.10. The highest BCUT2D eigenvalue weighted by atomic mass is 32.2. The number of nitrogens with zero attached hydrogens (tertiary/aromatic N) is 1. The average Bonchev–Trinajstić information content (AvgIpc) is 3.20. The minimum absolute atomic E-state index is 0.160. The van der Waals surface area contributed by atoms with Crippen molar-refractivity contribution in [2.45, 2.75) is 24.2 Å². The van der Waals surface area contributed by atoms with Crippen molar-refractivity contribution in [3.63, 3.8) is 0 Å². The van der Waals surface area contributed by atoms with Crippen LogP contribution in [-0.4, -0.2) is 49.6 Å². The van der Waals surface area contributed by atoms with E-state index in [0.29, 0.717) is 18.8 Å². The Morgan fingerprint density at radius 1 is 1.26 bits per heavy atom. The topological polar surface area (TPSA) is 93.1 Å². The van der Waals surface area contributed by atoms with Gasteiger partial charge in [-0.1, -0.05) is 12.1 Å². The lowest BCUT2D eigenvalue weighted by Crippen LogP contribution is -2.33. The smallest absolute Gasteiger partial charge is 0.309 e. The Hall–Kier alpha value is -1.48. The molecule has 0 aliphatic carbocycles. The summed E-state index contributed by atoms with van der Waals surface area (Å²) in [6.07, 6.45) is -0.334. The van der Waals surface area contributed by atoms with Crippen LogP contribution < -0.4 is 0 Å². The number of fused-ring (bicyclic) bond motifs is 2. The summed E-state index contributed by atoms with van der Waals surface area (Å²) in [6, 6.07) is 5.17. The summed E-state index contributed by atoms with van der Waals surface area (Å²) in [5.41, 5.74) is 1.60. The summed E-state index contributed by atoms with van der Waals surface area (Å²) in [6.45, 7) is 1.27. The summed E-state index contributed by atoms with van der Waals surface area (Å²) in [7, 11) is -3.67. The van der Waals surface area contributed by atoms with Gasteiger partial charge in [0.2, 0.25) is 10.0 Å². The molecule has 4 rings (SSSR count). The van der Waals surface area contributed by atoms with Gasteiger partial charge in [-0.2, -0.15) is 4.31 Å². The number of carboxylic acid groups (broad SMARTS) is 1. The first-order valence-corrected chi connectivity index (χ1v) is 8.95. The van der Waals surface area contributed by atoms with Crippen LogP contribution >= 0.6 is 0 Å². The largest absolute Gasteiger partial charge is 0.481 e. The second kappa shape index (κ2) is 5.27. The number of rotatable bonds is 3. The van der Waals surface area contributed by atoms with Gasteiger partial charge < -0.3 is 14.6 Å². The molecule has 1 aromatic rings. The summed E-state index contributed by atoms with van der Waals surface area (Å²) in [4.78, 5) is 11.5. The Labute approximate surface area is 133 Å². The average molecular weight is 339 g/mol. The highest BCUT2D eigenvalue weighted by molar-refractivity contribution is 7.89. The quantitative estimate of drug-likeness (QED) is 0.859. The summed E-state index contributed by atoms with van der Waals surface area (Å²) >= 11 is 0. The molecule has 0 aromatic heterocycles. The van der Waals surface area contributed by atoms with Gasteiger partial charge in [0, 0.05) is 24.6 Å². The van der Waals surface area contributed by atoms with Crippen molar-refractivity contribution >= 4 is 16.0 Å². The lowest BCUT2D eigenvalue weighted by atomic mass is 9.94. The Morgan fingerprint density at radius 3 is 2.87 bits per heavy atom. The maximum atomic E-state index is 13.0. The van der Waals surface area contributed by atoms with Crippen molar-refractivity contribution in [3.8, 4) is 0 Å². The van der Waals surface area contributed by atoms with E-state index >= 15 is 0 Å². The Bertz CT molecular complexity index is 761. The number of ether oxygens (including phenoxy) is 2. The van der Waals surface area contributed by atoms with Crippen LogP contribution in [0.25, 0.3) is 0 Å². The zero-order chi connectivity index (χ0) is 16.2. The van der Waals surface area contributed by atoms with Crippen molar-refractivity contribution in [3.05, 3.63) is 29.3 Å². The molecule has 0 unspecified atom stereocenters. The van der Waals surface area contributed by atoms with E-state index in [1.165, 1.54) is 4.31 Å². The molecular weight excluding hydrogens is 322 g/mol. The predicted molar refractivity (Wildman–Crippen MR) is 78.0 cm³/mol. The lowest BCUT2D eigenvalue weighted by Gasteiger charge is -2.19. The maximum Gasteiger partial charge on any atom is 0.309 e. The van der Waals surface area contributed by atoms with E-state index in [-0.39, 0.29) is 36.6 Å². The maximum absolute atomic E-state index is 13.0. The van der Waals surface area contributed by atoms with Gasteiger partial charge in [0.25, 0.3) is 0 Å². The zero-order valence-electron chi connectivity index (χ0n) is 12.3. The molecule has 0 saturated carbocycles. The standard InChI is InChI=1S/C15H17NO6S/c17-15(18)12-8-22-13-5-16(4-10(12)13)23(19,20)14-3-1-2-9-6-21-7-11(9)14/h1-3,10,12-13H,4-8H2,(H,17,18)/t10-,12-,13-/m1/s1. The van der Waals surface area contributed by atoms with Gasteiger partial charge in [0.1, 0.15) is 0 Å². The highest BCUT2D eigenvalue weighted by Crippen LogP contribution is 2.37. The fraction of sp³-hybridized carbons (Fsp3) is 0.533. The molecule has 1 aromatic carbocycles. The number of hydrogen-bond acceptors (Lipinski definition) is 5. The third kappa shape index (κ3) is 2.28. The van der Waals surface area contributed by atoms with Crippen LogP contribution in [-0.2, 0) is 37.5 Å². The summed E-state index contributed by atoms with van der Waals surface area (Å²) < 4.78 is 38.1. The van der Waals surface area contributed by atoms with E-state index in [2.05, 4.69) is 0 Å². The van der Waals surface area contributed by atoms with Gasteiger partial charge in [-0.25, -0.2) is 8.42 Å². The minimum Gasteiger partial charge on any atom is -0.481 e. The molecule has 8 heteroatoms. The van der Waals surface area contributed by atoms with E-state index in [9.17, 15) is 18.3 Å². The monoisotopic (exact) mass is 339 g/mol. The normalized spacial score (nSPS) is 30.3. The molecule has 0 radical (unpaired) electrons. The summed E-state index contributed by atoms with van der Waals surface area (Å²) in [5, 5.41) is 9.23. The van der Waals surface area contributed by atoms with E-state index in [1.807, 2.05) is 6.07 Å². The first kappa shape index (κ1) is 15.1. The van der Waals surface area contributed by atoms with Crippen LogP contribution in [0.15, 0.2) is 23.1 Å². The van der Waals surface area contributed by atoms with Gasteiger partial charge >= 0.3 is 5.97 Å². The van der Waals surface area contributed by atoms with E-state index < -0.39 is 21.9 Å². The molecule has 7 nitrogen and oxygen atoms in total. The van der Waals surface area contributed by atoms with E-state index in [0.717, 1.165) is 5.56 Å². The molecule has 3 heterocycles. The number of carboxylic acids is 1. The molecule has 0 bridgehead atoms. The first-order chi connectivity index (χ1) is 11.0. The van der Waals surface area contributed by atoms with Crippen LogP contribution in [0.5, 0.6) is 0 Å². The Balaban J connectivity index is 1.64. The molecular formula is C15H17NO6S. The fourth-order valence-corrected chi connectivity index (χ4v) is 5.42. The second-order valence-electron chi connectivity index (χ2n) is 6.19. The third-order valence-corrected chi connectivity index (χ3v) is 6.87. The number of carbonyl (C=O) groups is 1. The molecule has 0 spiro atoms. The van der Waals surface area contributed by atoms with Crippen molar-refractivity contribution in [1.29, 1.82) is 0 Å². The van der Waals surface area contributed by atoms with Gasteiger partial charge in [0.05, 0.1) is 36.7 Å². The third-order valence-electron chi connectivity index (χ3n) is 4.95. The van der Waals surface area contributed by atoms with Crippen molar-refractivity contribution in [2.75, 3.05) is 19.7 Å². The molecule has 3 atom stereocenters. The van der Waals surface area contributed by atoms with Crippen molar-refractivity contribution in [2.24, 2.45) is 11.8 Å². The molecule has 124 valence electrons. The number of hydrogen-bond donors (Lipinski definition) is 1. The van der Waals surface area contributed by atoms with E-state index in [4.69, 9.17) is 9.47 Å². The van der Waals surface area contributed by atoms with Gasteiger partial charge in [-0.05, 0) is 11.6 Å². The highest BCUT2D eigenvalue weighted by Gasteiger charge is 2.50. The van der Waals surface area contributed by atoms with Crippen LogP contribution in [0.4, 0.5) is 0 Å². The van der Waals surface area contributed by atoms with Gasteiger partial charge in [0.15, 0.2) is 0 Å². The fourth-order valence-electron chi connectivity index (χ4n) is 3.68. The minimum atomic E-state index is -3.67. The first-order valence-electron chi connectivity index (χ1n) is 7.51. The summed E-state index contributed by atoms with van der Waals surface area (Å²) in [5.74, 6) is -1.84. The number of sulfonamides is 1. The number of benzene rings is 1. The molecule has 3 aliphatic heterocycles. The van der Waals surface area contributed by atoms with E-state index in [1.54, 1.807) is 12.1 Å². The lowest BCUT2D eigenvalue weighted by molar-refractivity contribution is -0.142. The zero-order valence-corrected chi connectivity index (χ0v) is 13.2.